The SMILES string of the molecule is Cc1ccc(S(=O)(=O)NC(=O)CC(=O)N(C)c2ccc([N+](=O)[O-])cc2)cc1. The summed E-state index contributed by atoms with van der Waals surface area (Å²) in [6.07, 6.45) is -0.696. The predicted molar refractivity (Wildman–Crippen MR) is 97.6 cm³/mol. The highest BCUT2D eigenvalue weighted by Gasteiger charge is 2.21. The van der Waals surface area contributed by atoms with Crippen LogP contribution in [0.15, 0.2) is 53.4 Å². The fraction of sp³-hybridized carbons (Fsp3) is 0.176. The molecule has 142 valence electrons. The van der Waals surface area contributed by atoms with E-state index in [0.717, 1.165) is 10.5 Å². The first-order valence-corrected chi connectivity index (χ1v) is 9.22. The molecule has 0 radical (unpaired) electrons. The molecule has 0 unspecified atom stereocenters. The highest BCUT2D eigenvalue weighted by atomic mass is 32.2. The molecule has 0 aliphatic rings. The second kappa shape index (κ2) is 7.96. The maximum absolute atomic E-state index is 12.2. The van der Waals surface area contributed by atoms with Crippen LogP contribution >= 0.6 is 0 Å². The van der Waals surface area contributed by atoms with Crippen LogP contribution in [-0.2, 0) is 19.6 Å². The van der Waals surface area contributed by atoms with Crippen LogP contribution in [0.1, 0.15) is 12.0 Å². The number of non-ortho nitro benzene ring substituents is 1. The summed E-state index contributed by atoms with van der Waals surface area (Å²) >= 11 is 0. The van der Waals surface area contributed by atoms with Gasteiger partial charge in [-0.3, -0.25) is 19.7 Å². The molecule has 1 N–H and O–H groups in total. The molecular weight excluding hydrogens is 374 g/mol. The van der Waals surface area contributed by atoms with Gasteiger partial charge in [0.25, 0.3) is 15.7 Å². The third-order valence-corrected chi connectivity index (χ3v) is 5.10. The molecule has 2 aromatic carbocycles. The highest BCUT2D eigenvalue weighted by molar-refractivity contribution is 7.90. The standard InChI is InChI=1S/C17H17N3O6S/c1-12-3-9-15(10-4-12)27(25,26)18-16(21)11-17(22)19(2)13-5-7-14(8-6-13)20(23)24/h3-10H,11H2,1-2H3,(H,18,21). The van der Waals surface area contributed by atoms with Gasteiger partial charge in [0.15, 0.2) is 0 Å². The predicted octanol–water partition coefficient (Wildman–Crippen LogP) is 1.76. The molecule has 2 aromatic rings. The van der Waals surface area contributed by atoms with Crippen LogP contribution in [0.4, 0.5) is 11.4 Å². The van der Waals surface area contributed by atoms with Crippen molar-refractivity contribution in [3.05, 3.63) is 64.2 Å². The lowest BCUT2D eigenvalue weighted by Crippen LogP contribution is -2.36. The van der Waals surface area contributed by atoms with E-state index in [1.54, 1.807) is 19.1 Å². The van der Waals surface area contributed by atoms with Crippen molar-refractivity contribution in [3.63, 3.8) is 0 Å². The number of amides is 2. The molecule has 0 aromatic heterocycles. The van der Waals surface area contributed by atoms with Crippen LogP contribution in [0.2, 0.25) is 0 Å². The molecule has 0 bridgehead atoms. The molecule has 0 saturated carbocycles. The molecule has 2 rings (SSSR count). The van der Waals surface area contributed by atoms with Gasteiger partial charge >= 0.3 is 0 Å². The molecule has 0 saturated heterocycles. The van der Waals surface area contributed by atoms with Gasteiger partial charge < -0.3 is 4.90 Å². The van der Waals surface area contributed by atoms with Crippen molar-refractivity contribution in [2.45, 2.75) is 18.2 Å². The van der Waals surface area contributed by atoms with E-state index >= 15 is 0 Å². The third-order valence-electron chi connectivity index (χ3n) is 3.71. The number of nitrogens with one attached hydrogen (secondary N) is 1. The normalized spacial score (nSPS) is 10.9. The summed E-state index contributed by atoms with van der Waals surface area (Å²) in [5, 5.41) is 10.6. The number of rotatable bonds is 6. The number of hydrogen-bond donors (Lipinski definition) is 1. The van der Waals surface area contributed by atoms with Crippen LogP contribution in [0.5, 0.6) is 0 Å². The van der Waals surface area contributed by atoms with Crippen molar-refractivity contribution < 1.29 is 22.9 Å². The maximum atomic E-state index is 12.2. The number of sulfonamides is 1. The second-order valence-electron chi connectivity index (χ2n) is 5.74. The number of nitro benzene ring substituents is 1. The third kappa shape index (κ3) is 5.11. The Labute approximate surface area is 155 Å². The van der Waals surface area contributed by atoms with Gasteiger partial charge in [0.2, 0.25) is 11.8 Å². The first kappa shape index (κ1) is 20.0. The van der Waals surface area contributed by atoms with E-state index in [-0.39, 0.29) is 10.6 Å². The van der Waals surface area contributed by atoms with E-state index in [1.807, 2.05) is 4.72 Å². The molecule has 0 heterocycles. The minimum Gasteiger partial charge on any atom is -0.315 e. The molecule has 0 fully saturated rings. The van der Waals surface area contributed by atoms with Crippen LogP contribution in [0, 0.1) is 17.0 Å². The molecule has 2 amide bonds. The number of hydrogen-bond acceptors (Lipinski definition) is 6. The number of anilines is 1. The summed E-state index contributed by atoms with van der Waals surface area (Å²) in [5.74, 6) is -1.64. The van der Waals surface area contributed by atoms with E-state index < -0.39 is 33.2 Å². The lowest BCUT2D eigenvalue weighted by molar-refractivity contribution is -0.384. The topological polar surface area (TPSA) is 127 Å². The zero-order chi connectivity index (χ0) is 20.2. The Morgan fingerprint density at radius 3 is 2.15 bits per heavy atom. The van der Waals surface area contributed by atoms with Crippen molar-refractivity contribution in [3.8, 4) is 0 Å². The minimum atomic E-state index is -4.07. The Balaban J connectivity index is 2.02. The van der Waals surface area contributed by atoms with Gasteiger partial charge in [-0.1, -0.05) is 17.7 Å². The Morgan fingerprint density at radius 2 is 1.63 bits per heavy atom. The summed E-state index contributed by atoms with van der Waals surface area (Å²) in [4.78, 5) is 35.2. The Bertz CT molecular complexity index is 969. The molecule has 27 heavy (non-hydrogen) atoms. The van der Waals surface area contributed by atoms with Gasteiger partial charge in [0, 0.05) is 24.9 Å². The highest BCUT2D eigenvalue weighted by Crippen LogP contribution is 2.19. The number of benzene rings is 2. The van der Waals surface area contributed by atoms with Gasteiger partial charge in [-0.15, -0.1) is 0 Å². The number of carbonyl (C=O) groups is 2. The van der Waals surface area contributed by atoms with Crippen molar-refractivity contribution >= 4 is 33.2 Å². The summed E-state index contributed by atoms with van der Waals surface area (Å²) < 4.78 is 26.2. The average Bonchev–Trinajstić information content (AvgIpc) is 2.60. The summed E-state index contributed by atoms with van der Waals surface area (Å²) in [5.41, 5.74) is 1.06. The zero-order valence-electron chi connectivity index (χ0n) is 14.6. The van der Waals surface area contributed by atoms with Crippen molar-refractivity contribution in [2.24, 2.45) is 0 Å². The molecular formula is C17H17N3O6S. The van der Waals surface area contributed by atoms with Crippen molar-refractivity contribution in [1.29, 1.82) is 0 Å². The van der Waals surface area contributed by atoms with Crippen LogP contribution in [0.25, 0.3) is 0 Å². The number of carbonyl (C=O) groups excluding carboxylic acids is 2. The van der Waals surface area contributed by atoms with E-state index in [9.17, 15) is 28.1 Å². The first-order valence-electron chi connectivity index (χ1n) is 7.73. The number of aryl methyl sites for hydroxylation is 1. The lowest BCUT2D eigenvalue weighted by Gasteiger charge is -2.17. The van der Waals surface area contributed by atoms with Crippen LogP contribution in [0.3, 0.4) is 0 Å². The van der Waals surface area contributed by atoms with Gasteiger partial charge in [0.05, 0.1) is 9.82 Å². The van der Waals surface area contributed by atoms with Crippen molar-refractivity contribution in [2.75, 3.05) is 11.9 Å². The summed E-state index contributed by atoms with van der Waals surface area (Å²) in [6.45, 7) is 1.79. The fourth-order valence-electron chi connectivity index (χ4n) is 2.16. The largest absolute Gasteiger partial charge is 0.315 e. The van der Waals surface area contributed by atoms with E-state index in [4.69, 9.17) is 0 Å². The Morgan fingerprint density at radius 1 is 1.07 bits per heavy atom. The molecule has 0 aliphatic carbocycles. The molecule has 10 heteroatoms. The Hall–Kier alpha value is -3.27. The monoisotopic (exact) mass is 391 g/mol. The summed E-state index contributed by atoms with van der Waals surface area (Å²) in [6, 6.07) is 11.1. The van der Waals surface area contributed by atoms with Crippen LogP contribution in [-0.4, -0.2) is 32.2 Å². The summed E-state index contributed by atoms with van der Waals surface area (Å²) in [7, 11) is -2.69. The van der Waals surface area contributed by atoms with Gasteiger partial charge in [-0.25, -0.2) is 13.1 Å². The minimum absolute atomic E-state index is 0.0855. The van der Waals surface area contributed by atoms with E-state index in [2.05, 4.69) is 0 Å². The van der Waals surface area contributed by atoms with Gasteiger partial charge in [-0.2, -0.15) is 0 Å². The van der Waals surface area contributed by atoms with E-state index in [0.29, 0.717) is 5.69 Å². The smallest absolute Gasteiger partial charge is 0.269 e. The maximum Gasteiger partial charge on any atom is 0.269 e. The number of nitrogens with zero attached hydrogens (tertiary/aromatic N) is 2. The molecule has 0 aliphatic heterocycles. The fourth-order valence-corrected chi connectivity index (χ4v) is 3.14. The first-order chi connectivity index (χ1) is 12.6. The zero-order valence-corrected chi connectivity index (χ0v) is 15.4. The van der Waals surface area contributed by atoms with E-state index in [1.165, 1.54) is 43.4 Å². The second-order valence-corrected chi connectivity index (χ2v) is 7.43. The number of nitro groups is 1. The van der Waals surface area contributed by atoms with Crippen molar-refractivity contribution in [1.82, 2.24) is 4.72 Å². The van der Waals surface area contributed by atoms with Gasteiger partial charge in [0.1, 0.15) is 6.42 Å². The average molecular weight is 391 g/mol. The van der Waals surface area contributed by atoms with Gasteiger partial charge in [-0.05, 0) is 31.2 Å². The van der Waals surface area contributed by atoms with Crippen LogP contribution < -0.4 is 9.62 Å². The lowest BCUT2D eigenvalue weighted by atomic mass is 10.2. The molecule has 0 atom stereocenters. The molecule has 9 nitrogen and oxygen atoms in total. The molecule has 0 spiro atoms. The Kier molecular flexibility index (Phi) is 5.91. The quantitative estimate of drug-likeness (QED) is 0.454.